The van der Waals surface area contributed by atoms with E-state index in [-0.39, 0.29) is 6.10 Å². The highest BCUT2D eigenvalue weighted by molar-refractivity contribution is 7.19. The predicted molar refractivity (Wildman–Crippen MR) is 47.3 cm³/mol. The number of nitrogens with zero attached hydrogens (tertiary/aromatic N) is 1. The monoisotopic (exact) mass is 192 g/mol. The van der Waals surface area contributed by atoms with E-state index >= 15 is 0 Å². The van der Waals surface area contributed by atoms with Crippen LogP contribution in [0, 0.1) is 0 Å². The molecule has 0 saturated heterocycles. The normalized spacial score (nSPS) is 13.0. The summed E-state index contributed by atoms with van der Waals surface area (Å²) in [5.74, 6) is 0. The second kappa shape index (κ2) is 3.90. The van der Waals surface area contributed by atoms with Gasteiger partial charge in [0.05, 0.1) is 12.3 Å². The molecule has 3 nitrogen and oxygen atoms in total. The maximum atomic E-state index is 8.90. The van der Waals surface area contributed by atoms with Crippen molar-refractivity contribution in [3.63, 3.8) is 0 Å². The number of aliphatic hydroxyl groups excluding tert-OH is 1. The molecule has 2 N–H and O–H groups in total. The van der Waals surface area contributed by atoms with E-state index in [1.54, 1.807) is 13.1 Å². The molecule has 0 aromatic carbocycles. The van der Waals surface area contributed by atoms with E-state index in [2.05, 4.69) is 10.3 Å². The number of halogens is 1. The Kier molecular flexibility index (Phi) is 3.11. The van der Waals surface area contributed by atoms with Gasteiger partial charge in [0, 0.05) is 6.54 Å². The van der Waals surface area contributed by atoms with Crippen LogP contribution in [0.4, 0.5) is 5.13 Å². The van der Waals surface area contributed by atoms with Crippen molar-refractivity contribution < 1.29 is 5.11 Å². The molecular formula is C6H9ClN2OS. The molecule has 62 valence electrons. The van der Waals surface area contributed by atoms with Gasteiger partial charge in [-0.25, -0.2) is 4.98 Å². The molecule has 0 aliphatic carbocycles. The predicted octanol–water partition coefficient (Wildman–Crippen LogP) is 1.59. The van der Waals surface area contributed by atoms with E-state index in [0.717, 1.165) is 5.13 Å². The van der Waals surface area contributed by atoms with E-state index < -0.39 is 0 Å². The van der Waals surface area contributed by atoms with Gasteiger partial charge in [0.15, 0.2) is 5.13 Å². The molecule has 1 aromatic rings. The third kappa shape index (κ3) is 3.05. The van der Waals surface area contributed by atoms with Crippen LogP contribution in [0.5, 0.6) is 0 Å². The zero-order valence-electron chi connectivity index (χ0n) is 6.04. The molecule has 1 aromatic heterocycles. The molecule has 1 heterocycles. The lowest BCUT2D eigenvalue weighted by molar-refractivity contribution is 0.208. The first-order valence-corrected chi connectivity index (χ1v) is 4.41. The first kappa shape index (κ1) is 8.77. The van der Waals surface area contributed by atoms with Crippen molar-refractivity contribution in [2.45, 2.75) is 13.0 Å². The molecule has 5 heteroatoms. The first-order valence-electron chi connectivity index (χ1n) is 3.22. The Labute approximate surface area is 74.0 Å². The molecule has 0 saturated carbocycles. The van der Waals surface area contributed by atoms with E-state index in [9.17, 15) is 0 Å². The minimum Gasteiger partial charge on any atom is -0.392 e. The summed E-state index contributed by atoms with van der Waals surface area (Å²) in [4.78, 5) is 3.95. The minimum atomic E-state index is -0.363. The van der Waals surface area contributed by atoms with Crippen LogP contribution in [0.15, 0.2) is 6.20 Å². The number of hydrogen-bond acceptors (Lipinski definition) is 4. The molecule has 0 fully saturated rings. The molecule has 0 spiro atoms. The lowest BCUT2D eigenvalue weighted by atomic mass is 10.4. The summed E-state index contributed by atoms with van der Waals surface area (Å²) < 4.78 is 0.651. The van der Waals surface area contributed by atoms with E-state index in [4.69, 9.17) is 16.7 Å². The van der Waals surface area contributed by atoms with Crippen LogP contribution in [0.1, 0.15) is 6.92 Å². The fraction of sp³-hybridized carbons (Fsp3) is 0.500. The van der Waals surface area contributed by atoms with Crippen LogP contribution >= 0.6 is 22.9 Å². The maximum absolute atomic E-state index is 8.90. The number of aliphatic hydroxyl groups is 1. The average Bonchev–Trinajstić information content (AvgIpc) is 2.31. The van der Waals surface area contributed by atoms with E-state index in [0.29, 0.717) is 10.9 Å². The van der Waals surface area contributed by atoms with E-state index in [1.165, 1.54) is 11.3 Å². The smallest absolute Gasteiger partial charge is 0.184 e. The number of aromatic nitrogens is 1. The number of rotatable bonds is 3. The van der Waals surface area contributed by atoms with Crippen molar-refractivity contribution in [1.82, 2.24) is 4.98 Å². The second-order valence-electron chi connectivity index (χ2n) is 2.20. The lowest BCUT2D eigenvalue weighted by Crippen LogP contribution is -2.14. The zero-order valence-corrected chi connectivity index (χ0v) is 7.61. The highest BCUT2D eigenvalue weighted by Gasteiger charge is 1.99. The number of hydrogen-bond donors (Lipinski definition) is 2. The summed E-state index contributed by atoms with van der Waals surface area (Å²) in [5.41, 5.74) is 0. The maximum Gasteiger partial charge on any atom is 0.184 e. The van der Waals surface area contributed by atoms with Crippen molar-refractivity contribution in [2.75, 3.05) is 11.9 Å². The molecule has 0 aliphatic heterocycles. The summed E-state index contributed by atoms with van der Waals surface area (Å²) in [6, 6.07) is 0. The number of thiazole rings is 1. The van der Waals surface area contributed by atoms with Crippen LogP contribution in [-0.2, 0) is 0 Å². The lowest BCUT2D eigenvalue weighted by Gasteiger charge is -2.03. The Morgan fingerprint density at radius 2 is 2.64 bits per heavy atom. The second-order valence-corrected chi connectivity index (χ2v) is 3.86. The van der Waals surface area contributed by atoms with Gasteiger partial charge in [0.1, 0.15) is 4.34 Å². The van der Waals surface area contributed by atoms with E-state index in [1.807, 2.05) is 0 Å². The topological polar surface area (TPSA) is 45.1 Å². The Morgan fingerprint density at radius 3 is 3.09 bits per heavy atom. The molecule has 1 rings (SSSR count). The number of anilines is 1. The highest BCUT2D eigenvalue weighted by atomic mass is 35.5. The first-order chi connectivity index (χ1) is 5.18. The summed E-state index contributed by atoms with van der Waals surface area (Å²) in [7, 11) is 0. The van der Waals surface area contributed by atoms with Gasteiger partial charge < -0.3 is 10.4 Å². The zero-order chi connectivity index (χ0) is 8.27. The minimum absolute atomic E-state index is 0.363. The molecule has 11 heavy (non-hydrogen) atoms. The molecule has 0 radical (unpaired) electrons. The van der Waals surface area contributed by atoms with Crippen LogP contribution in [-0.4, -0.2) is 22.7 Å². The van der Waals surface area contributed by atoms with Crippen molar-refractivity contribution in [3.05, 3.63) is 10.5 Å². The van der Waals surface area contributed by atoms with Gasteiger partial charge in [0.2, 0.25) is 0 Å². The number of nitrogens with one attached hydrogen (secondary N) is 1. The molecule has 0 unspecified atom stereocenters. The molecule has 0 aliphatic rings. The van der Waals surface area contributed by atoms with Gasteiger partial charge in [-0.3, -0.25) is 0 Å². The largest absolute Gasteiger partial charge is 0.392 e. The van der Waals surface area contributed by atoms with Gasteiger partial charge in [0.25, 0.3) is 0 Å². The van der Waals surface area contributed by atoms with Crippen molar-refractivity contribution in [3.8, 4) is 0 Å². The van der Waals surface area contributed by atoms with Gasteiger partial charge in [-0.2, -0.15) is 0 Å². The van der Waals surface area contributed by atoms with Gasteiger partial charge >= 0.3 is 0 Å². The SMILES string of the molecule is C[C@@H](O)CNc1ncc(Cl)s1. The van der Waals surface area contributed by atoms with Gasteiger partial charge in [-0.1, -0.05) is 22.9 Å². The van der Waals surface area contributed by atoms with Gasteiger partial charge in [-0.05, 0) is 6.92 Å². The molecular weight excluding hydrogens is 184 g/mol. The fourth-order valence-electron chi connectivity index (χ4n) is 0.571. The van der Waals surface area contributed by atoms with Crippen molar-refractivity contribution >= 4 is 28.1 Å². The third-order valence-corrected chi connectivity index (χ3v) is 2.10. The Balaban J connectivity index is 2.39. The summed E-state index contributed by atoms with van der Waals surface area (Å²) in [6.07, 6.45) is 1.22. The van der Waals surface area contributed by atoms with Crippen molar-refractivity contribution in [2.24, 2.45) is 0 Å². The fourth-order valence-corrected chi connectivity index (χ4v) is 1.39. The van der Waals surface area contributed by atoms with Crippen molar-refractivity contribution in [1.29, 1.82) is 0 Å². The summed E-state index contributed by atoms with van der Waals surface area (Å²) in [6.45, 7) is 2.21. The molecule has 1 atom stereocenters. The summed E-state index contributed by atoms with van der Waals surface area (Å²) in [5, 5.41) is 12.6. The Morgan fingerprint density at radius 1 is 1.91 bits per heavy atom. The third-order valence-electron chi connectivity index (χ3n) is 1.03. The highest BCUT2D eigenvalue weighted by Crippen LogP contribution is 2.22. The molecule has 0 amide bonds. The van der Waals surface area contributed by atoms with Crippen LogP contribution in [0.2, 0.25) is 4.34 Å². The van der Waals surface area contributed by atoms with Gasteiger partial charge in [-0.15, -0.1) is 0 Å². The van der Waals surface area contributed by atoms with Crippen LogP contribution in [0.3, 0.4) is 0 Å². The summed E-state index contributed by atoms with van der Waals surface area (Å²) >= 11 is 6.99. The standard InChI is InChI=1S/C6H9ClN2OS/c1-4(10)2-8-6-9-3-5(7)11-6/h3-4,10H,2H2,1H3,(H,8,9)/t4-/m1/s1. The Hall–Kier alpha value is -0.320. The quantitative estimate of drug-likeness (QED) is 0.765. The average molecular weight is 193 g/mol. The molecule has 0 bridgehead atoms. The van der Waals surface area contributed by atoms with Crippen LogP contribution in [0.25, 0.3) is 0 Å². The Bertz CT molecular complexity index is 226. The van der Waals surface area contributed by atoms with Crippen LogP contribution < -0.4 is 5.32 Å².